The number of nitrogens with zero attached hydrogens (tertiary/aromatic N) is 2. The number of hydrogen-bond donors (Lipinski definition) is 1. The molecule has 0 aliphatic carbocycles. The van der Waals surface area contributed by atoms with Crippen LogP contribution in [-0.4, -0.2) is 15.7 Å². The van der Waals surface area contributed by atoms with E-state index in [0.29, 0.717) is 18.3 Å². The van der Waals surface area contributed by atoms with Crippen molar-refractivity contribution in [3.8, 4) is 23.8 Å². The number of benzene rings is 1. The van der Waals surface area contributed by atoms with Gasteiger partial charge in [0.15, 0.2) is 0 Å². The Morgan fingerprint density at radius 2 is 2.11 bits per heavy atom. The number of aromatic nitrogens is 2. The Balaban J connectivity index is 2.13. The average Bonchev–Trinajstić information content (AvgIpc) is 2.86. The van der Waals surface area contributed by atoms with Crippen molar-refractivity contribution in [1.82, 2.24) is 15.5 Å². The summed E-state index contributed by atoms with van der Waals surface area (Å²) in [6.45, 7) is 4.27. The smallest absolute Gasteiger partial charge is 0.248 e. The van der Waals surface area contributed by atoms with Gasteiger partial charge in [0.1, 0.15) is 0 Å². The van der Waals surface area contributed by atoms with Crippen molar-refractivity contribution < 1.29 is 4.42 Å². The lowest BCUT2D eigenvalue weighted by Crippen LogP contribution is -2.37. The highest BCUT2D eigenvalue weighted by molar-refractivity contribution is 9.10. The molecule has 2 aromatic rings. The van der Waals surface area contributed by atoms with Crippen LogP contribution in [0.3, 0.4) is 0 Å². The third-order valence-corrected chi connectivity index (χ3v) is 3.31. The van der Waals surface area contributed by atoms with E-state index in [1.54, 1.807) is 0 Å². The van der Waals surface area contributed by atoms with Crippen molar-refractivity contribution in [3.05, 3.63) is 34.6 Å². The van der Waals surface area contributed by atoms with Gasteiger partial charge in [-0.2, -0.15) is 0 Å². The molecule has 0 bridgehead atoms. The Morgan fingerprint density at radius 1 is 1.37 bits per heavy atom. The molecule has 0 amide bonds. The van der Waals surface area contributed by atoms with E-state index >= 15 is 0 Å². The second-order valence-electron chi connectivity index (χ2n) is 4.60. The fourth-order valence-electron chi connectivity index (χ4n) is 1.42. The number of terminal acetylenes is 1. The Labute approximate surface area is 120 Å². The first kappa shape index (κ1) is 13.8. The monoisotopic (exact) mass is 319 g/mol. The summed E-state index contributed by atoms with van der Waals surface area (Å²) in [5.74, 6) is 3.65. The molecule has 1 N–H and O–H groups in total. The molecule has 0 saturated carbocycles. The zero-order chi connectivity index (χ0) is 13.9. The first-order chi connectivity index (χ1) is 9.02. The van der Waals surface area contributed by atoms with E-state index in [2.05, 4.69) is 37.4 Å². The maximum Gasteiger partial charge on any atom is 0.248 e. The van der Waals surface area contributed by atoms with Gasteiger partial charge in [-0.05, 0) is 41.9 Å². The lowest BCUT2D eigenvalue weighted by atomic mass is 10.1. The predicted molar refractivity (Wildman–Crippen MR) is 77.2 cm³/mol. The van der Waals surface area contributed by atoms with Crippen LogP contribution in [0.15, 0.2) is 33.2 Å². The van der Waals surface area contributed by atoms with Crippen LogP contribution in [0.25, 0.3) is 11.5 Å². The normalized spacial score (nSPS) is 11.3. The maximum atomic E-state index is 5.61. The summed E-state index contributed by atoms with van der Waals surface area (Å²) in [5.41, 5.74) is 0.472. The van der Waals surface area contributed by atoms with Gasteiger partial charge in [0, 0.05) is 4.47 Å². The predicted octanol–water partition coefficient (Wildman–Crippen LogP) is 3.00. The van der Waals surface area contributed by atoms with Crippen molar-refractivity contribution >= 4 is 15.9 Å². The van der Waals surface area contributed by atoms with Gasteiger partial charge in [0.05, 0.1) is 17.6 Å². The molecule has 0 fully saturated rings. The number of hydrogen-bond acceptors (Lipinski definition) is 4. The molecule has 0 radical (unpaired) electrons. The van der Waals surface area contributed by atoms with Crippen molar-refractivity contribution in [2.75, 3.05) is 0 Å². The maximum absolute atomic E-state index is 5.61. The molecule has 0 aliphatic heterocycles. The molecular weight excluding hydrogens is 306 g/mol. The van der Waals surface area contributed by atoms with Crippen LogP contribution in [-0.2, 0) is 6.54 Å². The Hall–Kier alpha value is -1.64. The minimum atomic E-state index is -0.401. The molecule has 0 atom stereocenters. The zero-order valence-corrected chi connectivity index (χ0v) is 12.4. The van der Waals surface area contributed by atoms with Crippen LogP contribution in [0.1, 0.15) is 19.7 Å². The first-order valence-corrected chi connectivity index (χ1v) is 6.61. The molecular formula is C14H14BrN3O. The van der Waals surface area contributed by atoms with Crippen molar-refractivity contribution in [2.45, 2.75) is 25.9 Å². The molecule has 0 unspecified atom stereocenters. The van der Waals surface area contributed by atoms with Gasteiger partial charge in [-0.25, -0.2) is 0 Å². The highest BCUT2D eigenvalue weighted by Crippen LogP contribution is 2.26. The van der Waals surface area contributed by atoms with E-state index in [0.717, 1.165) is 10.0 Å². The standard InChI is InChI=1S/C14H14BrN3O/c1-4-14(2,3)16-9-12-17-18-13(19-12)10-7-5-6-8-11(10)15/h1,5-8,16H,9H2,2-3H3. The molecule has 1 heterocycles. The first-order valence-electron chi connectivity index (χ1n) is 5.82. The Bertz CT molecular complexity index is 613. The highest BCUT2D eigenvalue weighted by Gasteiger charge is 2.16. The van der Waals surface area contributed by atoms with Gasteiger partial charge in [0.2, 0.25) is 11.8 Å². The van der Waals surface area contributed by atoms with Gasteiger partial charge < -0.3 is 4.42 Å². The summed E-state index contributed by atoms with van der Waals surface area (Å²) in [6.07, 6.45) is 5.40. The molecule has 98 valence electrons. The molecule has 0 aliphatic rings. The molecule has 5 heteroatoms. The average molecular weight is 320 g/mol. The lowest BCUT2D eigenvalue weighted by molar-refractivity contribution is 0.422. The van der Waals surface area contributed by atoms with E-state index in [9.17, 15) is 0 Å². The van der Waals surface area contributed by atoms with Crippen LogP contribution in [0.4, 0.5) is 0 Å². The summed E-state index contributed by atoms with van der Waals surface area (Å²) in [6, 6.07) is 7.70. The molecule has 4 nitrogen and oxygen atoms in total. The van der Waals surface area contributed by atoms with Crippen LogP contribution >= 0.6 is 15.9 Å². The van der Waals surface area contributed by atoms with Crippen molar-refractivity contribution in [1.29, 1.82) is 0 Å². The fraction of sp³-hybridized carbons (Fsp3) is 0.286. The van der Waals surface area contributed by atoms with Gasteiger partial charge >= 0.3 is 0 Å². The summed E-state index contributed by atoms with van der Waals surface area (Å²) in [7, 11) is 0. The molecule has 0 spiro atoms. The molecule has 19 heavy (non-hydrogen) atoms. The summed E-state index contributed by atoms with van der Waals surface area (Å²) in [4.78, 5) is 0. The SMILES string of the molecule is C#CC(C)(C)NCc1nnc(-c2ccccc2Br)o1. The minimum absolute atomic E-state index is 0.401. The molecule has 0 saturated heterocycles. The van der Waals surface area contributed by atoms with Gasteiger partial charge in [0.25, 0.3) is 0 Å². The largest absolute Gasteiger partial charge is 0.419 e. The minimum Gasteiger partial charge on any atom is -0.419 e. The Morgan fingerprint density at radius 3 is 2.79 bits per heavy atom. The van der Waals surface area contributed by atoms with Gasteiger partial charge in [-0.15, -0.1) is 16.6 Å². The summed E-state index contributed by atoms with van der Waals surface area (Å²) < 4.78 is 6.53. The van der Waals surface area contributed by atoms with Crippen molar-refractivity contribution in [3.63, 3.8) is 0 Å². The van der Waals surface area contributed by atoms with Crippen LogP contribution in [0.2, 0.25) is 0 Å². The summed E-state index contributed by atoms with van der Waals surface area (Å²) >= 11 is 3.45. The Kier molecular flexibility index (Phi) is 4.03. The second-order valence-corrected chi connectivity index (χ2v) is 5.46. The molecule has 2 rings (SSSR count). The van der Waals surface area contributed by atoms with E-state index in [1.807, 2.05) is 38.1 Å². The second kappa shape index (κ2) is 5.55. The van der Waals surface area contributed by atoms with E-state index in [1.165, 1.54) is 0 Å². The highest BCUT2D eigenvalue weighted by atomic mass is 79.9. The number of rotatable bonds is 4. The van der Waals surface area contributed by atoms with Crippen molar-refractivity contribution in [2.24, 2.45) is 0 Å². The lowest BCUT2D eigenvalue weighted by Gasteiger charge is -2.17. The fourth-order valence-corrected chi connectivity index (χ4v) is 1.87. The third-order valence-electron chi connectivity index (χ3n) is 2.61. The van der Waals surface area contributed by atoms with E-state index in [-0.39, 0.29) is 0 Å². The van der Waals surface area contributed by atoms with Crippen LogP contribution < -0.4 is 5.32 Å². The number of halogens is 1. The van der Waals surface area contributed by atoms with E-state index < -0.39 is 5.54 Å². The quantitative estimate of drug-likeness (QED) is 0.880. The third kappa shape index (κ3) is 3.43. The summed E-state index contributed by atoms with van der Waals surface area (Å²) in [5, 5.41) is 11.2. The zero-order valence-electron chi connectivity index (χ0n) is 10.8. The molecule has 1 aromatic heterocycles. The topological polar surface area (TPSA) is 51.0 Å². The van der Waals surface area contributed by atoms with Gasteiger partial charge in [-0.3, -0.25) is 5.32 Å². The van der Waals surface area contributed by atoms with Crippen LogP contribution in [0.5, 0.6) is 0 Å². The molecule has 1 aromatic carbocycles. The van der Waals surface area contributed by atoms with E-state index in [4.69, 9.17) is 10.8 Å². The van der Waals surface area contributed by atoms with Gasteiger partial charge in [-0.1, -0.05) is 18.1 Å². The van der Waals surface area contributed by atoms with Crippen LogP contribution in [0, 0.1) is 12.3 Å². The number of nitrogens with one attached hydrogen (secondary N) is 1.